The molecule has 22 heavy (non-hydrogen) atoms. The van der Waals surface area contributed by atoms with Crippen LogP contribution in [0, 0.1) is 0 Å². The van der Waals surface area contributed by atoms with E-state index in [1.54, 1.807) is 6.92 Å². The van der Waals surface area contributed by atoms with Crippen molar-refractivity contribution in [2.24, 2.45) is 0 Å². The van der Waals surface area contributed by atoms with Gasteiger partial charge in [0.05, 0.1) is 0 Å². The quantitative estimate of drug-likeness (QED) is 0.750. The minimum absolute atomic E-state index is 0.197. The van der Waals surface area contributed by atoms with Crippen molar-refractivity contribution in [2.75, 3.05) is 0 Å². The van der Waals surface area contributed by atoms with Gasteiger partial charge in [-0.15, -0.1) is 0 Å². The van der Waals surface area contributed by atoms with Crippen LogP contribution in [0.5, 0.6) is 0 Å². The highest BCUT2D eigenvalue weighted by molar-refractivity contribution is 5.74. The predicted octanol–water partition coefficient (Wildman–Crippen LogP) is 3.35. The summed E-state index contributed by atoms with van der Waals surface area (Å²) in [4.78, 5) is 28.0. The zero-order valence-corrected chi connectivity index (χ0v) is 14.9. The number of hydrogen-bond donors (Lipinski definition) is 0. The minimum Gasteiger partial charge on any atom is -0.337 e. The lowest BCUT2D eigenvalue weighted by molar-refractivity contribution is -0.147. The van der Waals surface area contributed by atoms with Crippen molar-refractivity contribution >= 4 is 12.3 Å². The first kappa shape index (κ1) is 17.3. The smallest absolute Gasteiger partial charge is 0.219 e. The van der Waals surface area contributed by atoms with E-state index in [4.69, 9.17) is 0 Å². The van der Waals surface area contributed by atoms with Crippen molar-refractivity contribution in [3.05, 3.63) is 0 Å². The highest BCUT2D eigenvalue weighted by Gasteiger charge is 2.47. The zero-order chi connectivity index (χ0) is 16.5. The second-order valence-electron chi connectivity index (χ2n) is 8.38. The molecular weight excluding hydrogens is 276 g/mol. The first-order valence-corrected chi connectivity index (χ1v) is 8.73. The monoisotopic (exact) mass is 308 g/mol. The first-order valence-electron chi connectivity index (χ1n) is 8.73. The van der Waals surface area contributed by atoms with Gasteiger partial charge in [-0.25, -0.2) is 0 Å². The molecule has 126 valence electrons. The lowest BCUT2D eigenvalue weighted by Gasteiger charge is -2.56. The van der Waals surface area contributed by atoms with Crippen LogP contribution in [0.4, 0.5) is 0 Å². The summed E-state index contributed by atoms with van der Waals surface area (Å²) in [6, 6.07) is 0.632. The van der Waals surface area contributed by atoms with Gasteiger partial charge in [0.2, 0.25) is 12.3 Å². The lowest BCUT2D eigenvalue weighted by atomic mass is 9.76. The topological polar surface area (TPSA) is 40.6 Å². The molecule has 4 nitrogen and oxygen atoms in total. The molecule has 2 amide bonds. The van der Waals surface area contributed by atoms with Crippen LogP contribution in [0.2, 0.25) is 0 Å². The standard InChI is InChI=1S/C18H32N2O2/c1-14(22)20(15-9-7-6-8-10-15)16-11-17(2,3)19(13-21)18(4,5)12-16/h13,15-16H,6-12H2,1-5H3. The third kappa shape index (κ3) is 3.31. The Morgan fingerprint density at radius 1 is 1.00 bits per heavy atom. The van der Waals surface area contributed by atoms with E-state index in [1.807, 2.05) is 4.90 Å². The molecule has 1 aliphatic carbocycles. The van der Waals surface area contributed by atoms with Crippen molar-refractivity contribution in [3.63, 3.8) is 0 Å². The molecule has 2 rings (SSSR count). The van der Waals surface area contributed by atoms with Crippen LogP contribution in [0.25, 0.3) is 0 Å². The summed E-state index contributed by atoms with van der Waals surface area (Å²) in [5.41, 5.74) is -0.424. The van der Waals surface area contributed by atoms with Crippen molar-refractivity contribution in [1.82, 2.24) is 9.80 Å². The number of hydrogen-bond acceptors (Lipinski definition) is 2. The normalized spacial score (nSPS) is 25.8. The second kappa shape index (κ2) is 6.21. The van der Waals surface area contributed by atoms with Crippen LogP contribution in [0.1, 0.15) is 79.6 Å². The van der Waals surface area contributed by atoms with Gasteiger partial charge in [0.25, 0.3) is 0 Å². The van der Waals surface area contributed by atoms with E-state index in [-0.39, 0.29) is 23.0 Å². The molecule has 1 saturated heterocycles. The van der Waals surface area contributed by atoms with Crippen LogP contribution in [-0.4, -0.2) is 45.3 Å². The van der Waals surface area contributed by atoms with E-state index in [9.17, 15) is 9.59 Å². The fraction of sp³-hybridized carbons (Fsp3) is 0.889. The molecule has 0 aromatic carbocycles. The number of carbonyl (C=O) groups excluding carboxylic acids is 2. The summed E-state index contributed by atoms with van der Waals surface area (Å²) in [7, 11) is 0. The molecular formula is C18H32N2O2. The van der Waals surface area contributed by atoms with Crippen LogP contribution in [0.15, 0.2) is 0 Å². The first-order chi connectivity index (χ1) is 10.2. The average molecular weight is 308 g/mol. The summed E-state index contributed by atoms with van der Waals surface area (Å²) in [6.07, 6.45) is 8.74. The third-order valence-corrected chi connectivity index (χ3v) is 5.61. The van der Waals surface area contributed by atoms with Crippen LogP contribution in [-0.2, 0) is 9.59 Å². The SMILES string of the molecule is CC(=O)N(C1CCCCC1)C1CC(C)(C)N(C=O)C(C)(C)C1. The van der Waals surface area contributed by atoms with Gasteiger partial charge >= 0.3 is 0 Å². The number of carbonyl (C=O) groups is 2. The molecule has 0 atom stereocenters. The molecule has 1 heterocycles. The van der Waals surface area contributed by atoms with Gasteiger partial charge in [0.1, 0.15) is 0 Å². The molecule has 4 heteroatoms. The Kier molecular flexibility index (Phi) is 4.88. The van der Waals surface area contributed by atoms with Gasteiger partial charge in [0.15, 0.2) is 0 Å². The largest absolute Gasteiger partial charge is 0.337 e. The van der Waals surface area contributed by atoms with Gasteiger partial charge in [-0.2, -0.15) is 0 Å². The molecule has 0 radical (unpaired) electrons. The van der Waals surface area contributed by atoms with E-state index in [1.165, 1.54) is 19.3 Å². The van der Waals surface area contributed by atoms with E-state index >= 15 is 0 Å². The Hall–Kier alpha value is -1.06. The maximum absolute atomic E-state index is 12.4. The molecule has 2 aliphatic rings. The Balaban J connectivity index is 2.25. The van der Waals surface area contributed by atoms with Gasteiger partial charge in [-0.3, -0.25) is 9.59 Å². The number of amides is 2. The fourth-order valence-electron chi connectivity index (χ4n) is 4.90. The Bertz CT molecular complexity index is 407. The molecule has 0 spiro atoms. The minimum atomic E-state index is -0.212. The summed E-state index contributed by atoms with van der Waals surface area (Å²) >= 11 is 0. The third-order valence-electron chi connectivity index (χ3n) is 5.61. The number of rotatable bonds is 3. The second-order valence-corrected chi connectivity index (χ2v) is 8.38. The summed E-state index contributed by atoms with van der Waals surface area (Å²) < 4.78 is 0. The summed E-state index contributed by atoms with van der Waals surface area (Å²) in [5, 5.41) is 0. The van der Waals surface area contributed by atoms with Gasteiger partial charge in [-0.1, -0.05) is 19.3 Å². The number of likely N-dealkylation sites (tertiary alicyclic amines) is 1. The summed E-state index contributed by atoms with van der Waals surface area (Å²) in [6.45, 7) is 10.2. The van der Waals surface area contributed by atoms with Crippen LogP contribution >= 0.6 is 0 Å². The molecule has 0 N–H and O–H groups in total. The van der Waals surface area contributed by atoms with Crippen LogP contribution < -0.4 is 0 Å². The molecule has 2 fully saturated rings. The van der Waals surface area contributed by atoms with Crippen molar-refractivity contribution in [3.8, 4) is 0 Å². The maximum Gasteiger partial charge on any atom is 0.219 e. The lowest BCUT2D eigenvalue weighted by Crippen LogP contribution is -2.65. The zero-order valence-electron chi connectivity index (χ0n) is 14.9. The molecule has 0 aromatic rings. The van der Waals surface area contributed by atoms with Gasteiger partial charge in [-0.05, 0) is 53.4 Å². The van der Waals surface area contributed by atoms with Gasteiger partial charge < -0.3 is 9.80 Å². The number of piperidine rings is 1. The highest BCUT2D eigenvalue weighted by atomic mass is 16.2. The predicted molar refractivity (Wildman–Crippen MR) is 88.5 cm³/mol. The van der Waals surface area contributed by atoms with E-state index in [0.29, 0.717) is 6.04 Å². The number of nitrogens with zero attached hydrogens (tertiary/aromatic N) is 2. The van der Waals surface area contributed by atoms with E-state index < -0.39 is 0 Å². The summed E-state index contributed by atoms with van der Waals surface area (Å²) in [5.74, 6) is 0.197. The molecule has 0 unspecified atom stereocenters. The molecule has 1 aliphatic heterocycles. The highest BCUT2D eigenvalue weighted by Crippen LogP contribution is 2.40. The maximum atomic E-state index is 12.4. The Morgan fingerprint density at radius 2 is 1.50 bits per heavy atom. The van der Waals surface area contributed by atoms with Gasteiger partial charge in [0, 0.05) is 30.1 Å². The van der Waals surface area contributed by atoms with Crippen molar-refractivity contribution in [2.45, 2.75) is 103 Å². The van der Waals surface area contributed by atoms with E-state index in [0.717, 1.165) is 32.1 Å². The van der Waals surface area contributed by atoms with Crippen molar-refractivity contribution < 1.29 is 9.59 Å². The fourth-order valence-corrected chi connectivity index (χ4v) is 4.90. The molecule has 0 bridgehead atoms. The Morgan fingerprint density at radius 3 is 1.91 bits per heavy atom. The Labute approximate surface area is 135 Å². The average Bonchev–Trinajstić information content (AvgIpc) is 2.37. The van der Waals surface area contributed by atoms with E-state index in [2.05, 4.69) is 32.6 Å². The van der Waals surface area contributed by atoms with Crippen LogP contribution in [0.3, 0.4) is 0 Å². The molecule has 1 saturated carbocycles. The molecule has 0 aromatic heterocycles. The van der Waals surface area contributed by atoms with Crippen molar-refractivity contribution in [1.29, 1.82) is 0 Å².